The van der Waals surface area contributed by atoms with Gasteiger partial charge in [0.1, 0.15) is 11.5 Å². The first kappa shape index (κ1) is 24.5. The second-order valence-corrected chi connectivity index (χ2v) is 7.87. The molecule has 0 aliphatic carbocycles. The van der Waals surface area contributed by atoms with Gasteiger partial charge in [-0.1, -0.05) is 6.92 Å². The maximum atomic E-state index is 5.41. The van der Waals surface area contributed by atoms with E-state index in [1.807, 2.05) is 6.07 Å². The van der Waals surface area contributed by atoms with Crippen molar-refractivity contribution in [2.45, 2.75) is 39.3 Å². The number of nitrogens with one attached hydrogen (secondary N) is 2. The lowest BCUT2D eigenvalue weighted by atomic mass is 10.2. The number of methoxy groups -OCH3 is 2. The van der Waals surface area contributed by atoms with Crippen LogP contribution in [0.4, 0.5) is 5.69 Å². The third-order valence-corrected chi connectivity index (χ3v) is 5.92. The minimum atomic E-state index is 0. The first-order valence-electron chi connectivity index (χ1n) is 10.1. The number of aryl methyl sites for hydroxylation is 1. The molecule has 1 saturated heterocycles. The standard InChI is InChI=1S/C21H31N5O2S.HI/c1-5-20-24-16(14-29-20)12-23-21(22-6-2)25-15-7-8-26(13-15)17-9-18(27-3)11-19(10-17)28-4;/h9-11,14-15H,5-8,12-13H2,1-4H3,(H2,22,23,25);1H. The Bertz CT molecular complexity index is 807. The van der Waals surface area contributed by atoms with Crippen molar-refractivity contribution in [1.82, 2.24) is 15.6 Å². The molecule has 1 aromatic carbocycles. The van der Waals surface area contributed by atoms with Gasteiger partial charge in [0.25, 0.3) is 0 Å². The van der Waals surface area contributed by atoms with Gasteiger partial charge in [0.15, 0.2) is 5.96 Å². The van der Waals surface area contributed by atoms with Crippen LogP contribution in [0.1, 0.15) is 31.0 Å². The highest BCUT2D eigenvalue weighted by Gasteiger charge is 2.24. The number of guanidine groups is 1. The fraction of sp³-hybridized carbons (Fsp3) is 0.524. The molecular formula is C21H32IN5O2S. The SMILES string of the molecule is CCNC(=NCc1csc(CC)n1)NC1CCN(c2cc(OC)cc(OC)c2)C1.I. The van der Waals surface area contributed by atoms with Gasteiger partial charge >= 0.3 is 0 Å². The highest BCUT2D eigenvalue weighted by Crippen LogP contribution is 2.30. The van der Waals surface area contributed by atoms with Gasteiger partial charge in [-0.25, -0.2) is 9.98 Å². The molecule has 0 spiro atoms. The van der Waals surface area contributed by atoms with Crippen molar-refractivity contribution in [3.63, 3.8) is 0 Å². The molecule has 30 heavy (non-hydrogen) atoms. The number of ether oxygens (including phenoxy) is 2. The molecule has 2 heterocycles. The van der Waals surface area contributed by atoms with Gasteiger partial charge in [0, 0.05) is 54.9 Å². The summed E-state index contributed by atoms with van der Waals surface area (Å²) in [6.07, 6.45) is 2.01. The molecule has 9 heteroatoms. The molecular weight excluding hydrogens is 513 g/mol. The monoisotopic (exact) mass is 545 g/mol. The second-order valence-electron chi connectivity index (χ2n) is 6.93. The highest BCUT2D eigenvalue weighted by molar-refractivity contribution is 14.0. The Kier molecular flexibility index (Phi) is 9.96. The largest absolute Gasteiger partial charge is 0.497 e. The van der Waals surface area contributed by atoms with Gasteiger partial charge in [0.2, 0.25) is 0 Å². The molecule has 0 saturated carbocycles. The van der Waals surface area contributed by atoms with Crippen molar-refractivity contribution >= 4 is 47.0 Å². The number of thiazole rings is 1. The molecule has 1 fully saturated rings. The Labute approximate surface area is 200 Å². The maximum Gasteiger partial charge on any atom is 0.191 e. The molecule has 1 aliphatic rings. The van der Waals surface area contributed by atoms with Crippen LogP contribution in [0.15, 0.2) is 28.6 Å². The summed E-state index contributed by atoms with van der Waals surface area (Å²) < 4.78 is 10.8. The molecule has 1 atom stereocenters. The third-order valence-electron chi connectivity index (χ3n) is 4.88. The number of halogens is 1. The maximum absolute atomic E-state index is 5.41. The summed E-state index contributed by atoms with van der Waals surface area (Å²) in [5.41, 5.74) is 2.14. The molecule has 1 aliphatic heterocycles. The van der Waals surface area contributed by atoms with Gasteiger partial charge in [-0.3, -0.25) is 0 Å². The summed E-state index contributed by atoms with van der Waals surface area (Å²) in [6, 6.07) is 6.33. The number of hydrogen-bond acceptors (Lipinski definition) is 6. The minimum absolute atomic E-state index is 0. The van der Waals surface area contributed by atoms with Crippen molar-refractivity contribution in [2.24, 2.45) is 4.99 Å². The topological polar surface area (TPSA) is 71.0 Å². The fourth-order valence-electron chi connectivity index (χ4n) is 3.34. The van der Waals surface area contributed by atoms with E-state index in [1.54, 1.807) is 25.6 Å². The zero-order valence-electron chi connectivity index (χ0n) is 18.1. The van der Waals surface area contributed by atoms with Gasteiger partial charge in [-0.15, -0.1) is 35.3 Å². The zero-order chi connectivity index (χ0) is 20.6. The van der Waals surface area contributed by atoms with Crippen LogP contribution >= 0.6 is 35.3 Å². The molecule has 7 nitrogen and oxygen atoms in total. The van der Waals surface area contributed by atoms with E-state index in [-0.39, 0.29) is 24.0 Å². The molecule has 3 rings (SSSR count). The molecule has 0 amide bonds. The minimum Gasteiger partial charge on any atom is -0.497 e. The Morgan fingerprint density at radius 1 is 1.23 bits per heavy atom. The Balaban J connectivity index is 0.00000320. The van der Waals surface area contributed by atoms with Crippen LogP contribution < -0.4 is 25.0 Å². The van der Waals surface area contributed by atoms with Crippen molar-refractivity contribution in [1.29, 1.82) is 0 Å². The molecule has 2 N–H and O–H groups in total. The Hall–Kier alpha value is -1.75. The predicted octanol–water partition coefficient (Wildman–Crippen LogP) is 3.67. The molecule has 0 bridgehead atoms. The number of benzene rings is 1. The van der Waals surface area contributed by atoms with E-state index < -0.39 is 0 Å². The lowest BCUT2D eigenvalue weighted by Gasteiger charge is -2.21. The number of nitrogens with zero attached hydrogens (tertiary/aromatic N) is 3. The van der Waals surface area contributed by atoms with Crippen LogP contribution in [0.25, 0.3) is 0 Å². The quantitative estimate of drug-likeness (QED) is 0.300. The molecule has 166 valence electrons. The number of rotatable bonds is 8. The molecule has 1 unspecified atom stereocenters. The summed E-state index contributed by atoms with van der Waals surface area (Å²) >= 11 is 1.70. The normalized spacial score (nSPS) is 16.2. The van der Waals surface area contributed by atoms with Crippen molar-refractivity contribution in [2.75, 3.05) is 38.8 Å². The van der Waals surface area contributed by atoms with Crippen molar-refractivity contribution < 1.29 is 9.47 Å². The zero-order valence-corrected chi connectivity index (χ0v) is 21.3. The first-order chi connectivity index (χ1) is 14.1. The van der Waals surface area contributed by atoms with Crippen molar-refractivity contribution in [3.05, 3.63) is 34.3 Å². The van der Waals surface area contributed by atoms with Gasteiger partial charge in [-0.05, 0) is 19.8 Å². The summed E-state index contributed by atoms with van der Waals surface area (Å²) in [5, 5.41) is 10.2. The molecule has 1 aromatic heterocycles. The van der Waals surface area contributed by atoms with Crippen LogP contribution in [-0.4, -0.2) is 50.8 Å². The van der Waals surface area contributed by atoms with Gasteiger partial charge in [0.05, 0.1) is 31.5 Å². The van der Waals surface area contributed by atoms with Gasteiger partial charge < -0.3 is 25.0 Å². The lowest BCUT2D eigenvalue weighted by Crippen LogP contribution is -2.44. The summed E-state index contributed by atoms with van der Waals surface area (Å²) in [5.74, 6) is 2.45. The molecule has 0 radical (unpaired) electrons. The number of aromatic nitrogens is 1. The van der Waals surface area contributed by atoms with E-state index >= 15 is 0 Å². The van der Waals surface area contributed by atoms with Gasteiger partial charge in [-0.2, -0.15) is 0 Å². The summed E-state index contributed by atoms with van der Waals surface area (Å²) in [4.78, 5) is 11.7. The van der Waals surface area contributed by atoms with E-state index in [4.69, 9.17) is 14.5 Å². The Morgan fingerprint density at radius 3 is 2.57 bits per heavy atom. The highest BCUT2D eigenvalue weighted by atomic mass is 127. The summed E-state index contributed by atoms with van der Waals surface area (Å²) in [6.45, 7) is 7.50. The van der Waals surface area contributed by atoms with E-state index in [0.29, 0.717) is 12.6 Å². The first-order valence-corrected chi connectivity index (χ1v) is 11.0. The fourth-order valence-corrected chi connectivity index (χ4v) is 4.08. The Morgan fingerprint density at radius 2 is 1.97 bits per heavy atom. The van der Waals surface area contributed by atoms with Crippen LogP contribution in [0, 0.1) is 0 Å². The average molecular weight is 545 g/mol. The van der Waals surface area contributed by atoms with E-state index in [0.717, 1.165) is 66.3 Å². The lowest BCUT2D eigenvalue weighted by molar-refractivity contribution is 0.394. The van der Waals surface area contributed by atoms with Crippen LogP contribution in [0.2, 0.25) is 0 Å². The number of anilines is 1. The van der Waals surface area contributed by atoms with E-state index in [1.165, 1.54) is 0 Å². The van der Waals surface area contributed by atoms with E-state index in [2.05, 4.69) is 51.9 Å². The predicted molar refractivity (Wildman–Crippen MR) is 135 cm³/mol. The summed E-state index contributed by atoms with van der Waals surface area (Å²) in [7, 11) is 3.36. The molecule has 2 aromatic rings. The van der Waals surface area contributed by atoms with Crippen LogP contribution in [0.3, 0.4) is 0 Å². The smallest absolute Gasteiger partial charge is 0.191 e. The number of aliphatic imine (C=N–C) groups is 1. The second kappa shape index (κ2) is 12.2. The van der Waals surface area contributed by atoms with Crippen LogP contribution in [0.5, 0.6) is 11.5 Å². The number of hydrogen-bond donors (Lipinski definition) is 2. The third kappa shape index (κ3) is 6.63. The van der Waals surface area contributed by atoms with E-state index in [9.17, 15) is 0 Å². The van der Waals surface area contributed by atoms with Crippen molar-refractivity contribution in [3.8, 4) is 11.5 Å². The average Bonchev–Trinajstić information content (AvgIpc) is 3.41. The van der Waals surface area contributed by atoms with Crippen LogP contribution in [-0.2, 0) is 13.0 Å².